The Morgan fingerprint density at radius 3 is 2.94 bits per heavy atom. The van der Waals surface area contributed by atoms with Crippen molar-refractivity contribution in [3.8, 4) is 11.8 Å². The van der Waals surface area contributed by atoms with Crippen molar-refractivity contribution < 1.29 is 9.53 Å². The molecule has 5 heteroatoms. The second-order valence-electron chi connectivity index (χ2n) is 3.05. The molecule has 4 nitrogen and oxygen atoms in total. The molecule has 0 atom stereocenters. The van der Waals surface area contributed by atoms with Crippen molar-refractivity contribution in [3.63, 3.8) is 0 Å². The lowest BCUT2D eigenvalue weighted by molar-refractivity contribution is -0.116. The van der Waals surface area contributed by atoms with Gasteiger partial charge in [-0.25, -0.2) is 0 Å². The van der Waals surface area contributed by atoms with Gasteiger partial charge in [-0.3, -0.25) is 4.79 Å². The van der Waals surface area contributed by atoms with E-state index >= 15 is 0 Å². The standard InChI is InChI=1S/C11H11ClN2O2/c1-16-8-4-5-10(9(12)7-8)14-11(15)3-2-6-13/h4-5,7H,2-3H2,1H3,(H,14,15). The highest BCUT2D eigenvalue weighted by Crippen LogP contribution is 2.26. The number of nitriles is 1. The van der Waals surface area contributed by atoms with Crippen molar-refractivity contribution in [1.29, 1.82) is 5.26 Å². The maximum atomic E-state index is 11.3. The number of amides is 1. The molecule has 1 aromatic rings. The molecule has 16 heavy (non-hydrogen) atoms. The number of rotatable bonds is 4. The Labute approximate surface area is 98.8 Å². The second kappa shape index (κ2) is 5.99. The van der Waals surface area contributed by atoms with Gasteiger partial charge in [0.1, 0.15) is 5.75 Å². The van der Waals surface area contributed by atoms with Crippen LogP contribution in [0.15, 0.2) is 18.2 Å². The molecule has 0 saturated carbocycles. The van der Waals surface area contributed by atoms with Gasteiger partial charge in [0, 0.05) is 18.9 Å². The molecule has 84 valence electrons. The van der Waals surface area contributed by atoms with Crippen molar-refractivity contribution in [2.24, 2.45) is 0 Å². The monoisotopic (exact) mass is 238 g/mol. The molecule has 0 heterocycles. The summed E-state index contributed by atoms with van der Waals surface area (Å²) in [6, 6.07) is 6.87. The van der Waals surface area contributed by atoms with Crippen LogP contribution in [-0.2, 0) is 4.79 Å². The van der Waals surface area contributed by atoms with Crippen LogP contribution in [0.1, 0.15) is 12.8 Å². The molecule has 0 aromatic heterocycles. The lowest BCUT2D eigenvalue weighted by Gasteiger charge is -2.07. The van der Waals surface area contributed by atoms with Crippen LogP contribution in [0.3, 0.4) is 0 Å². The molecule has 0 radical (unpaired) electrons. The normalized spacial score (nSPS) is 9.31. The Balaban J connectivity index is 2.67. The van der Waals surface area contributed by atoms with E-state index in [2.05, 4.69) is 5.32 Å². The highest BCUT2D eigenvalue weighted by atomic mass is 35.5. The molecule has 1 amide bonds. The maximum absolute atomic E-state index is 11.3. The van der Waals surface area contributed by atoms with Crippen LogP contribution in [0, 0.1) is 11.3 Å². The summed E-state index contributed by atoms with van der Waals surface area (Å²) >= 11 is 5.93. The fraction of sp³-hybridized carbons (Fsp3) is 0.273. The van der Waals surface area contributed by atoms with E-state index in [1.807, 2.05) is 6.07 Å². The summed E-state index contributed by atoms with van der Waals surface area (Å²) in [5, 5.41) is 11.4. The van der Waals surface area contributed by atoms with Gasteiger partial charge in [-0.2, -0.15) is 5.26 Å². The van der Waals surface area contributed by atoms with E-state index < -0.39 is 0 Å². The van der Waals surface area contributed by atoms with E-state index in [1.54, 1.807) is 18.2 Å². The van der Waals surface area contributed by atoms with Crippen LogP contribution in [0.2, 0.25) is 5.02 Å². The van der Waals surface area contributed by atoms with Gasteiger partial charge in [-0.1, -0.05) is 11.6 Å². The van der Waals surface area contributed by atoms with Gasteiger partial charge < -0.3 is 10.1 Å². The molecule has 0 aliphatic rings. The molecule has 0 saturated heterocycles. The fourth-order valence-electron chi connectivity index (χ4n) is 1.11. The summed E-state index contributed by atoms with van der Waals surface area (Å²) in [7, 11) is 1.54. The van der Waals surface area contributed by atoms with Crippen LogP contribution in [0.4, 0.5) is 5.69 Å². The van der Waals surface area contributed by atoms with Crippen LogP contribution < -0.4 is 10.1 Å². The Bertz CT molecular complexity index is 426. The summed E-state index contributed by atoms with van der Waals surface area (Å²) in [5.74, 6) is 0.397. The molecule has 0 unspecified atom stereocenters. The number of carbonyl (C=O) groups excluding carboxylic acids is 1. The number of nitrogens with one attached hydrogen (secondary N) is 1. The number of methoxy groups -OCH3 is 1. The predicted molar refractivity (Wildman–Crippen MR) is 61.5 cm³/mol. The van der Waals surface area contributed by atoms with E-state index in [1.165, 1.54) is 7.11 Å². The van der Waals surface area contributed by atoms with Gasteiger partial charge in [0.2, 0.25) is 5.91 Å². The zero-order valence-corrected chi connectivity index (χ0v) is 9.54. The van der Waals surface area contributed by atoms with E-state index in [-0.39, 0.29) is 18.7 Å². The van der Waals surface area contributed by atoms with Crippen LogP contribution >= 0.6 is 11.6 Å². The Kier molecular flexibility index (Phi) is 4.62. The number of ether oxygens (including phenoxy) is 1. The number of benzene rings is 1. The first-order chi connectivity index (χ1) is 7.67. The van der Waals surface area contributed by atoms with E-state index in [4.69, 9.17) is 21.6 Å². The zero-order chi connectivity index (χ0) is 12.0. The van der Waals surface area contributed by atoms with Gasteiger partial charge in [0.25, 0.3) is 0 Å². The highest BCUT2D eigenvalue weighted by molar-refractivity contribution is 6.33. The van der Waals surface area contributed by atoms with E-state index in [0.717, 1.165) is 0 Å². The first-order valence-electron chi connectivity index (χ1n) is 4.67. The first kappa shape index (κ1) is 12.3. The first-order valence-corrected chi connectivity index (χ1v) is 5.05. The molecule has 1 rings (SSSR count). The molecular formula is C11H11ClN2O2. The number of hydrogen-bond donors (Lipinski definition) is 1. The number of nitrogens with zero attached hydrogens (tertiary/aromatic N) is 1. The number of hydrogen-bond acceptors (Lipinski definition) is 3. The lowest BCUT2D eigenvalue weighted by atomic mass is 10.2. The SMILES string of the molecule is COc1ccc(NC(=O)CCC#N)c(Cl)c1. The van der Waals surface area contributed by atoms with E-state index in [9.17, 15) is 4.79 Å². The topological polar surface area (TPSA) is 62.1 Å². The summed E-state index contributed by atoms with van der Waals surface area (Å²) in [6.07, 6.45) is 0.360. The third-order valence-corrected chi connectivity index (χ3v) is 2.23. The van der Waals surface area contributed by atoms with Gasteiger partial charge in [-0.05, 0) is 12.1 Å². The summed E-state index contributed by atoms with van der Waals surface area (Å²) in [6.45, 7) is 0. The van der Waals surface area contributed by atoms with Crippen molar-refractivity contribution in [2.45, 2.75) is 12.8 Å². The van der Waals surface area contributed by atoms with Crippen molar-refractivity contribution in [2.75, 3.05) is 12.4 Å². The molecule has 1 N–H and O–H groups in total. The molecule has 0 spiro atoms. The molecule has 0 aliphatic carbocycles. The maximum Gasteiger partial charge on any atom is 0.225 e. The predicted octanol–water partition coefficient (Wildman–Crippen LogP) is 2.59. The van der Waals surface area contributed by atoms with Crippen LogP contribution in [0.25, 0.3) is 0 Å². The van der Waals surface area contributed by atoms with Crippen molar-refractivity contribution in [3.05, 3.63) is 23.2 Å². The average Bonchev–Trinajstić information content (AvgIpc) is 2.29. The smallest absolute Gasteiger partial charge is 0.225 e. The summed E-state index contributed by atoms with van der Waals surface area (Å²) in [4.78, 5) is 11.3. The highest BCUT2D eigenvalue weighted by Gasteiger charge is 2.06. The van der Waals surface area contributed by atoms with E-state index in [0.29, 0.717) is 16.5 Å². The summed E-state index contributed by atoms with van der Waals surface area (Å²) < 4.78 is 4.98. The van der Waals surface area contributed by atoms with Gasteiger partial charge in [0.05, 0.1) is 23.9 Å². The summed E-state index contributed by atoms with van der Waals surface area (Å²) in [5.41, 5.74) is 0.519. The van der Waals surface area contributed by atoms with Crippen LogP contribution in [-0.4, -0.2) is 13.0 Å². The fourth-order valence-corrected chi connectivity index (χ4v) is 1.32. The molecule has 0 fully saturated rings. The van der Waals surface area contributed by atoms with Gasteiger partial charge in [-0.15, -0.1) is 0 Å². The minimum Gasteiger partial charge on any atom is -0.497 e. The lowest BCUT2D eigenvalue weighted by Crippen LogP contribution is -2.11. The molecule has 1 aromatic carbocycles. The number of carbonyl (C=O) groups is 1. The second-order valence-corrected chi connectivity index (χ2v) is 3.46. The van der Waals surface area contributed by atoms with Crippen molar-refractivity contribution in [1.82, 2.24) is 0 Å². The van der Waals surface area contributed by atoms with Gasteiger partial charge >= 0.3 is 0 Å². The third-order valence-electron chi connectivity index (χ3n) is 1.91. The average molecular weight is 239 g/mol. The third kappa shape index (κ3) is 3.44. The molecular weight excluding hydrogens is 228 g/mol. The minimum atomic E-state index is -0.228. The largest absolute Gasteiger partial charge is 0.497 e. The quantitative estimate of drug-likeness (QED) is 0.877. The Morgan fingerprint density at radius 1 is 1.62 bits per heavy atom. The number of anilines is 1. The van der Waals surface area contributed by atoms with Crippen molar-refractivity contribution >= 4 is 23.2 Å². The van der Waals surface area contributed by atoms with Gasteiger partial charge in [0.15, 0.2) is 0 Å². The van der Waals surface area contributed by atoms with Crippen LogP contribution in [0.5, 0.6) is 5.75 Å². The Hall–Kier alpha value is -1.73. The minimum absolute atomic E-state index is 0.166. The molecule has 0 aliphatic heterocycles. The number of halogens is 1. The zero-order valence-electron chi connectivity index (χ0n) is 8.79. The molecule has 0 bridgehead atoms. The Morgan fingerprint density at radius 2 is 2.38 bits per heavy atom.